The Morgan fingerprint density at radius 3 is 2.94 bits per heavy atom. The van der Waals surface area contributed by atoms with Crippen LogP contribution in [0.4, 0.5) is 0 Å². The summed E-state index contributed by atoms with van der Waals surface area (Å²) in [6.45, 7) is 0. The number of carboxylic acid groups (broad SMARTS) is 1. The number of aromatic nitrogens is 4. The highest BCUT2D eigenvalue weighted by Gasteiger charge is 2.27. The van der Waals surface area contributed by atoms with Crippen molar-refractivity contribution in [3.05, 3.63) is 27.9 Å². The molecule has 16 heavy (non-hydrogen) atoms. The molecule has 0 aromatic carbocycles. The first-order valence-corrected chi connectivity index (χ1v) is 4.88. The van der Waals surface area contributed by atoms with Crippen molar-refractivity contribution in [3.63, 3.8) is 0 Å². The summed E-state index contributed by atoms with van der Waals surface area (Å²) >= 11 is 0. The van der Waals surface area contributed by atoms with Gasteiger partial charge in [0.25, 0.3) is 11.3 Å². The number of hydrogen-bond donors (Lipinski definition) is 2. The summed E-state index contributed by atoms with van der Waals surface area (Å²) in [6, 6.07) is 0. The van der Waals surface area contributed by atoms with Gasteiger partial charge in [0.1, 0.15) is 11.4 Å². The number of H-pyrrole nitrogens is 1. The molecule has 82 valence electrons. The van der Waals surface area contributed by atoms with Crippen LogP contribution in [0.25, 0.3) is 5.78 Å². The second kappa shape index (κ2) is 2.91. The first-order chi connectivity index (χ1) is 7.66. The van der Waals surface area contributed by atoms with Crippen LogP contribution < -0.4 is 5.56 Å². The highest BCUT2D eigenvalue weighted by Crippen LogP contribution is 2.37. The van der Waals surface area contributed by atoms with E-state index in [1.54, 1.807) is 0 Å². The lowest BCUT2D eigenvalue weighted by atomic mass is 10.3. The predicted molar refractivity (Wildman–Crippen MR) is 52.5 cm³/mol. The van der Waals surface area contributed by atoms with Crippen LogP contribution in [0.15, 0.2) is 11.0 Å². The molecule has 0 bridgehead atoms. The molecule has 1 fully saturated rings. The van der Waals surface area contributed by atoms with Crippen molar-refractivity contribution >= 4 is 11.7 Å². The topological polar surface area (TPSA) is 100 Å². The standard InChI is InChI=1S/C9H8N4O3/c14-7-5(8(15)16)3-10-9-11-6(4-1-2-4)12-13(7)9/h3-4H,1-2H2,(H,15,16)(H,10,11,12). The summed E-state index contributed by atoms with van der Waals surface area (Å²) in [5, 5.41) is 11.6. The molecule has 2 heterocycles. The van der Waals surface area contributed by atoms with Gasteiger partial charge in [-0.3, -0.25) is 9.89 Å². The number of rotatable bonds is 2. The lowest BCUT2D eigenvalue weighted by Gasteiger charge is -1.93. The van der Waals surface area contributed by atoms with Crippen molar-refractivity contribution in [2.75, 3.05) is 0 Å². The highest BCUT2D eigenvalue weighted by molar-refractivity contribution is 5.86. The molecule has 7 heteroatoms. The molecule has 0 saturated heterocycles. The lowest BCUT2D eigenvalue weighted by Crippen LogP contribution is -2.23. The van der Waals surface area contributed by atoms with Gasteiger partial charge in [-0.25, -0.2) is 9.78 Å². The Bertz CT molecular complexity index is 638. The molecule has 0 radical (unpaired) electrons. The zero-order valence-electron chi connectivity index (χ0n) is 8.17. The molecular weight excluding hydrogens is 212 g/mol. The summed E-state index contributed by atoms with van der Waals surface area (Å²) in [4.78, 5) is 30.4. The number of aromatic carboxylic acids is 1. The average molecular weight is 220 g/mol. The van der Waals surface area contributed by atoms with E-state index in [1.165, 1.54) is 0 Å². The average Bonchev–Trinajstić information content (AvgIpc) is 2.99. The molecular formula is C9H8N4O3. The normalized spacial score (nSPS) is 15.5. The monoisotopic (exact) mass is 220 g/mol. The Morgan fingerprint density at radius 2 is 2.31 bits per heavy atom. The molecule has 2 aromatic heterocycles. The van der Waals surface area contributed by atoms with Crippen LogP contribution in [0.5, 0.6) is 0 Å². The number of nitrogens with one attached hydrogen (secondary N) is 1. The van der Waals surface area contributed by atoms with Gasteiger partial charge < -0.3 is 5.11 Å². The Hall–Kier alpha value is -2.18. The first kappa shape index (κ1) is 9.08. The van der Waals surface area contributed by atoms with E-state index < -0.39 is 11.5 Å². The molecule has 1 aliphatic rings. The molecule has 0 amide bonds. The largest absolute Gasteiger partial charge is 0.477 e. The SMILES string of the molecule is O=C(O)c1cnc2nc(C3CC3)[nH]n2c1=O. The van der Waals surface area contributed by atoms with Gasteiger partial charge in [0.2, 0.25) is 0 Å². The lowest BCUT2D eigenvalue weighted by molar-refractivity contribution is 0.0694. The van der Waals surface area contributed by atoms with Crippen molar-refractivity contribution in [2.45, 2.75) is 18.8 Å². The van der Waals surface area contributed by atoms with Crippen molar-refractivity contribution in [1.29, 1.82) is 0 Å². The van der Waals surface area contributed by atoms with Crippen LogP contribution in [0.1, 0.15) is 34.9 Å². The summed E-state index contributed by atoms with van der Waals surface area (Å²) < 4.78 is 1.08. The Labute approximate surface area is 88.7 Å². The third-order valence-electron chi connectivity index (χ3n) is 2.58. The molecule has 0 atom stereocenters. The van der Waals surface area contributed by atoms with Gasteiger partial charge in [-0.05, 0) is 12.8 Å². The van der Waals surface area contributed by atoms with Crippen molar-refractivity contribution in [1.82, 2.24) is 19.6 Å². The fourth-order valence-corrected chi connectivity index (χ4v) is 1.56. The molecule has 2 N–H and O–H groups in total. The quantitative estimate of drug-likeness (QED) is 0.741. The van der Waals surface area contributed by atoms with E-state index in [0.29, 0.717) is 11.7 Å². The van der Waals surface area contributed by atoms with Crippen LogP contribution in [0.3, 0.4) is 0 Å². The van der Waals surface area contributed by atoms with Crippen LogP contribution in [-0.4, -0.2) is 30.7 Å². The predicted octanol–water partition coefficient (Wildman–Crippen LogP) is -0.00680. The zero-order chi connectivity index (χ0) is 11.3. The first-order valence-electron chi connectivity index (χ1n) is 4.88. The van der Waals surface area contributed by atoms with E-state index in [2.05, 4.69) is 15.1 Å². The number of nitrogens with zero attached hydrogens (tertiary/aromatic N) is 3. The Kier molecular flexibility index (Phi) is 1.65. The van der Waals surface area contributed by atoms with Crippen molar-refractivity contribution < 1.29 is 9.90 Å². The minimum atomic E-state index is -1.28. The van der Waals surface area contributed by atoms with Crippen molar-refractivity contribution in [2.24, 2.45) is 0 Å². The van der Waals surface area contributed by atoms with Gasteiger partial charge in [-0.15, -0.1) is 0 Å². The third kappa shape index (κ3) is 1.21. The second-order valence-electron chi connectivity index (χ2n) is 3.80. The number of fused-ring (bicyclic) bond motifs is 1. The van der Waals surface area contributed by atoms with Gasteiger partial charge in [-0.2, -0.15) is 9.50 Å². The fourth-order valence-electron chi connectivity index (χ4n) is 1.56. The molecule has 1 saturated carbocycles. The summed E-state index contributed by atoms with van der Waals surface area (Å²) in [5.74, 6) is -0.00658. The number of carbonyl (C=O) groups is 1. The number of aromatic amines is 1. The van der Waals surface area contributed by atoms with Crippen LogP contribution in [0.2, 0.25) is 0 Å². The summed E-state index contributed by atoms with van der Waals surface area (Å²) in [6.07, 6.45) is 3.12. The van der Waals surface area contributed by atoms with Crippen LogP contribution >= 0.6 is 0 Å². The summed E-state index contributed by atoms with van der Waals surface area (Å²) in [5.41, 5.74) is -0.986. The van der Waals surface area contributed by atoms with E-state index in [-0.39, 0.29) is 11.3 Å². The maximum atomic E-state index is 11.7. The Morgan fingerprint density at radius 1 is 1.56 bits per heavy atom. The van der Waals surface area contributed by atoms with Gasteiger partial charge in [-0.1, -0.05) is 0 Å². The van der Waals surface area contributed by atoms with Gasteiger partial charge in [0.15, 0.2) is 0 Å². The highest BCUT2D eigenvalue weighted by atomic mass is 16.4. The van der Waals surface area contributed by atoms with E-state index >= 15 is 0 Å². The van der Waals surface area contributed by atoms with E-state index in [1.807, 2.05) is 0 Å². The second-order valence-corrected chi connectivity index (χ2v) is 3.80. The smallest absolute Gasteiger partial charge is 0.343 e. The maximum absolute atomic E-state index is 11.7. The molecule has 1 aliphatic carbocycles. The molecule has 7 nitrogen and oxygen atoms in total. The molecule has 0 spiro atoms. The van der Waals surface area contributed by atoms with E-state index in [0.717, 1.165) is 23.6 Å². The number of carboxylic acids is 1. The summed E-state index contributed by atoms with van der Waals surface area (Å²) in [7, 11) is 0. The molecule has 3 rings (SSSR count). The minimum Gasteiger partial charge on any atom is -0.477 e. The van der Waals surface area contributed by atoms with Crippen LogP contribution in [0, 0.1) is 0 Å². The molecule has 2 aromatic rings. The van der Waals surface area contributed by atoms with Gasteiger partial charge in [0.05, 0.1) is 6.20 Å². The minimum absolute atomic E-state index is 0.219. The van der Waals surface area contributed by atoms with Gasteiger partial charge >= 0.3 is 5.97 Å². The van der Waals surface area contributed by atoms with E-state index in [4.69, 9.17) is 5.11 Å². The van der Waals surface area contributed by atoms with Crippen LogP contribution in [-0.2, 0) is 0 Å². The Balaban J connectivity index is 2.26. The fraction of sp³-hybridized carbons (Fsp3) is 0.333. The zero-order valence-corrected chi connectivity index (χ0v) is 8.17. The molecule has 0 aliphatic heterocycles. The maximum Gasteiger partial charge on any atom is 0.343 e. The third-order valence-corrected chi connectivity index (χ3v) is 2.58. The van der Waals surface area contributed by atoms with Crippen molar-refractivity contribution in [3.8, 4) is 0 Å². The molecule has 0 unspecified atom stereocenters. The number of hydrogen-bond acceptors (Lipinski definition) is 4. The van der Waals surface area contributed by atoms with E-state index in [9.17, 15) is 9.59 Å². The van der Waals surface area contributed by atoms with Gasteiger partial charge in [0, 0.05) is 5.92 Å².